The molecule has 0 radical (unpaired) electrons. The molecule has 0 unspecified atom stereocenters. The third kappa shape index (κ3) is 4.39. The minimum Gasteiger partial charge on any atom is -0.351 e. The van der Waals surface area contributed by atoms with E-state index in [0.717, 1.165) is 29.9 Å². The van der Waals surface area contributed by atoms with Gasteiger partial charge in [-0.05, 0) is 37.5 Å². The first kappa shape index (κ1) is 17.8. The second kappa shape index (κ2) is 7.96. The predicted octanol–water partition coefficient (Wildman–Crippen LogP) is 3.94. The SMILES string of the molecule is C[C@@H](Sc1nc(C2CC2)n(-c2ccccc2)n1)C(=O)NCc1ccccc1. The second-order valence-corrected chi connectivity index (χ2v) is 8.05. The number of para-hydroxylation sites is 1. The fraction of sp³-hybridized carbons (Fsp3) is 0.286. The molecule has 1 aliphatic carbocycles. The number of hydrogen-bond acceptors (Lipinski definition) is 4. The van der Waals surface area contributed by atoms with Crippen LogP contribution in [0.1, 0.15) is 37.1 Å². The van der Waals surface area contributed by atoms with E-state index in [1.165, 1.54) is 11.8 Å². The van der Waals surface area contributed by atoms with Crippen LogP contribution >= 0.6 is 11.8 Å². The molecule has 2 aromatic carbocycles. The number of benzene rings is 2. The van der Waals surface area contributed by atoms with Crippen LogP contribution in [-0.2, 0) is 11.3 Å². The van der Waals surface area contributed by atoms with Crippen molar-refractivity contribution in [2.24, 2.45) is 0 Å². The lowest BCUT2D eigenvalue weighted by Gasteiger charge is -2.10. The summed E-state index contributed by atoms with van der Waals surface area (Å²) in [7, 11) is 0. The zero-order chi connectivity index (χ0) is 18.6. The van der Waals surface area contributed by atoms with E-state index in [4.69, 9.17) is 4.98 Å². The quantitative estimate of drug-likeness (QED) is 0.633. The maximum absolute atomic E-state index is 12.4. The lowest BCUT2D eigenvalue weighted by molar-refractivity contribution is -0.120. The average Bonchev–Trinajstić information content (AvgIpc) is 3.48. The number of nitrogens with zero attached hydrogens (tertiary/aromatic N) is 3. The molecule has 1 amide bonds. The Kier molecular flexibility index (Phi) is 5.25. The third-order valence-electron chi connectivity index (χ3n) is 4.52. The summed E-state index contributed by atoms with van der Waals surface area (Å²) >= 11 is 1.41. The number of amides is 1. The van der Waals surface area contributed by atoms with Gasteiger partial charge in [-0.1, -0.05) is 60.3 Å². The Hall–Kier alpha value is -2.60. The first-order chi connectivity index (χ1) is 13.2. The summed E-state index contributed by atoms with van der Waals surface area (Å²) in [4.78, 5) is 17.2. The van der Waals surface area contributed by atoms with Gasteiger partial charge in [-0.15, -0.1) is 5.10 Å². The summed E-state index contributed by atoms with van der Waals surface area (Å²) in [6, 6.07) is 20.0. The van der Waals surface area contributed by atoms with Gasteiger partial charge in [0.1, 0.15) is 5.82 Å². The topological polar surface area (TPSA) is 59.8 Å². The van der Waals surface area contributed by atoms with Crippen LogP contribution < -0.4 is 5.32 Å². The molecule has 1 heterocycles. The molecular weight excluding hydrogens is 356 g/mol. The van der Waals surface area contributed by atoms with Gasteiger partial charge in [0.2, 0.25) is 11.1 Å². The molecule has 27 heavy (non-hydrogen) atoms. The van der Waals surface area contributed by atoms with Crippen molar-refractivity contribution in [3.8, 4) is 5.69 Å². The molecule has 1 saturated carbocycles. The van der Waals surface area contributed by atoms with Crippen molar-refractivity contribution in [2.75, 3.05) is 0 Å². The number of nitrogens with one attached hydrogen (secondary N) is 1. The van der Waals surface area contributed by atoms with Crippen molar-refractivity contribution in [3.63, 3.8) is 0 Å². The summed E-state index contributed by atoms with van der Waals surface area (Å²) in [5.41, 5.74) is 2.10. The van der Waals surface area contributed by atoms with E-state index in [1.54, 1.807) is 0 Å². The van der Waals surface area contributed by atoms with Crippen molar-refractivity contribution in [1.82, 2.24) is 20.1 Å². The molecule has 1 atom stereocenters. The van der Waals surface area contributed by atoms with Gasteiger partial charge < -0.3 is 5.32 Å². The smallest absolute Gasteiger partial charge is 0.233 e. The molecule has 1 aliphatic rings. The maximum Gasteiger partial charge on any atom is 0.233 e. The van der Waals surface area contributed by atoms with Gasteiger partial charge in [0.25, 0.3) is 0 Å². The molecule has 138 valence electrons. The molecule has 0 spiro atoms. The van der Waals surface area contributed by atoms with Crippen molar-refractivity contribution in [2.45, 2.75) is 42.6 Å². The number of thioether (sulfide) groups is 1. The van der Waals surface area contributed by atoms with E-state index in [1.807, 2.05) is 72.3 Å². The molecule has 1 N–H and O–H groups in total. The number of aromatic nitrogens is 3. The minimum atomic E-state index is -0.257. The van der Waals surface area contributed by atoms with Crippen LogP contribution in [0.25, 0.3) is 5.69 Å². The first-order valence-electron chi connectivity index (χ1n) is 9.21. The Morgan fingerprint density at radius 2 is 1.81 bits per heavy atom. The van der Waals surface area contributed by atoms with Crippen molar-refractivity contribution in [3.05, 3.63) is 72.1 Å². The minimum absolute atomic E-state index is 0.00659. The largest absolute Gasteiger partial charge is 0.351 e. The van der Waals surface area contributed by atoms with Gasteiger partial charge in [0, 0.05) is 12.5 Å². The van der Waals surface area contributed by atoms with Crippen molar-refractivity contribution < 1.29 is 4.79 Å². The number of carbonyl (C=O) groups is 1. The lowest BCUT2D eigenvalue weighted by Crippen LogP contribution is -2.30. The monoisotopic (exact) mass is 378 g/mol. The highest BCUT2D eigenvalue weighted by Gasteiger charge is 2.31. The van der Waals surface area contributed by atoms with E-state index in [9.17, 15) is 4.79 Å². The van der Waals surface area contributed by atoms with Gasteiger partial charge in [-0.2, -0.15) is 0 Å². The van der Waals surface area contributed by atoms with Crippen LogP contribution in [0.15, 0.2) is 65.8 Å². The summed E-state index contributed by atoms with van der Waals surface area (Å²) < 4.78 is 1.93. The van der Waals surface area contributed by atoms with Gasteiger partial charge in [0.15, 0.2) is 0 Å². The Morgan fingerprint density at radius 1 is 1.15 bits per heavy atom. The average molecular weight is 379 g/mol. The van der Waals surface area contributed by atoms with E-state index < -0.39 is 0 Å². The second-order valence-electron chi connectivity index (χ2n) is 6.74. The summed E-state index contributed by atoms with van der Waals surface area (Å²) in [6.07, 6.45) is 2.31. The third-order valence-corrected chi connectivity index (χ3v) is 5.47. The van der Waals surface area contributed by atoms with E-state index >= 15 is 0 Å². The van der Waals surface area contributed by atoms with Gasteiger partial charge in [0.05, 0.1) is 10.9 Å². The highest BCUT2D eigenvalue weighted by Crippen LogP contribution is 2.40. The zero-order valence-corrected chi connectivity index (χ0v) is 16.0. The molecule has 0 aliphatic heterocycles. The predicted molar refractivity (Wildman–Crippen MR) is 107 cm³/mol. The van der Waals surface area contributed by atoms with E-state index in [0.29, 0.717) is 17.6 Å². The van der Waals surface area contributed by atoms with Gasteiger partial charge in [-0.25, -0.2) is 9.67 Å². The van der Waals surface area contributed by atoms with Crippen LogP contribution in [0.4, 0.5) is 0 Å². The normalized spacial score (nSPS) is 14.7. The summed E-state index contributed by atoms with van der Waals surface area (Å²) in [5.74, 6) is 1.47. The summed E-state index contributed by atoms with van der Waals surface area (Å²) in [5, 5.41) is 8.05. The Labute approximate surface area is 163 Å². The standard InChI is InChI=1S/C21H22N4OS/c1-15(20(26)22-14-16-8-4-2-5-9-16)27-21-23-19(17-12-13-17)25(24-21)18-10-6-3-7-11-18/h2-11,15,17H,12-14H2,1H3,(H,22,26)/t15-/m1/s1. The van der Waals surface area contributed by atoms with Crippen LogP contribution in [0.2, 0.25) is 0 Å². The summed E-state index contributed by atoms with van der Waals surface area (Å²) in [6.45, 7) is 2.43. The van der Waals surface area contributed by atoms with E-state index in [2.05, 4.69) is 10.4 Å². The molecule has 3 aromatic rings. The highest BCUT2D eigenvalue weighted by molar-refractivity contribution is 8.00. The molecule has 1 aromatic heterocycles. The number of carbonyl (C=O) groups excluding carboxylic acids is 1. The lowest BCUT2D eigenvalue weighted by atomic mass is 10.2. The van der Waals surface area contributed by atoms with Crippen LogP contribution in [-0.4, -0.2) is 25.9 Å². The Morgan fingerprint density at radius 3 is 2.48 bits per heavy atom. The van der Waals surface area contributed by atoms with E-state index in [-0.39, 0.29) is 11.2 Å². The fourth-order valence-electron chi connectivity index (χ4n) is 2.86. The number of rotatable bonds is 7. The molecule has 6 heteroatoms. The first-order valence-corrected chi connectivity index (χ1v) is 10.1. The molecule has 0 saturated heterocycles. The Bertz CT molecular complexity index is 906. The molecule has 1 fully saturated rings. The van der Waals surface area contributed by atoms with Gasteiger partial charge in [-0.3, -0.25) is 4.79 Å². The van der Waals surface area contributed by atoms with Crippen LogP contribution in [0, 0.1) is 0 Å². The van der Waals surface area contributed by atoms with Gasteiger partial charge >= 0.3 is 0 Å². The number of hydrogen-bond donors (Lipinski definition) is 1. The maximum atomic E-state index is 12.4. The highest BCUT2D eigenvalue weighted by atomic mass is 32.2. The van der Waals surface area contributed by atoms with Crippen LogP contribution in [0.5, 0.6) is 0 Å². The molecular formula is C21H22N4OS. The fourth-order valence-corrected chi connectivity index (χ4v) is 3.64. The molecule has 4 rings (SSSR count). The molecule has 5 nitrogen and oxygen atoms in total. The van der Waals surface area contributed by atoms with Crippen LogP contribution in [0.3, 0.4) is 0 Å². The van der Waals surface area contributed by atoms with Crippen molar-refractivity contribution in [1.29, 1.82) is 0 Å². The van der Waals surface area contributed by atoms with Crippen molar-refractivity contribution >= 4 is 17.7 Å². The molecule has 0 bridgehead atoms. The Balaban J connectivity index is 1.43. The zero-order valence-electron chi connectivity index (χ0n) is 15.2.